The molecule has 2 unspecified atom stereocenters. The first-order valence-corrected chi connectivity index (χ1v) is 11.4. The zero-order valence-corrected chi connectivity index (χ0v) is 18.1. The fourth-order valence-corrected chi connectivity index (χ4v) is 5.66. The lowest BCUT2D eigenvalue weighted by molar-refractivity contribution is 0.533. The van der Waals surface area contributed by atoms with Gasteiger partial charge in [0.15, 0.2) is 5.84 Å². The van der Waals surface area contributed by atoms with Crippen molar-refractivity contribution in [1.29, 1.82) is 5.26 Å². The van der Waals surface area contributed by atoms with Gasteiger partial charge in [-0.2, -0.15) is 5.26 Å². The first-order valence-electron chi connectivity index (χ1n) is 11.4. The number of rotatable bonds is 2. The Labute approximate surface area is 192 Å². The first kappa shape index (κ1) is 18.7. The maximum absolute atomic E-state index is 9.11. The van der Waals surface area contributed by atoms with E-state index in [9.17, 15) is 0 Å². The molecular formula is C25H24N8. The number of hydrazone groups is 1. The number of hydrogen-bond acceptors (Lipinski definition) is 7. The fourth-order valence-electron chi connectivity index (χ4n) is 5.66. The fraction of sp³-hybridized carbons (Fsp3) is 0.280. The second-order valence-electron chi connectivity index (χ2n) is 9.32. The van der Waals surface area contributed by atoms with Gasteiger partial charge in [-0.25, -0.2) is 10.5 Å². The highest BCUT2D eigenvalue weighted by atomic mass is 15.8. The number of nitriles is 1. The van der Waals surface area contributed by atoms with Crippen LogP contribution in [0.4, 0.5) is 11.4 Å². The van der Waals surface area contributed by atoms with Crippen molar-refractivity contribution >= 4 is 17.2 Å². The molecule has 5 heterocycles. The summed E-state index contributed by atoms with van der Waals surface area (Å²) in [4.78, 5) is 2.55. The van der Waals surface area contributed by atoms with Crippen molar-refractivity contribution in [3.8, 4) is 17.2 Å². The van der Waals surface area contributed by atoms with Crippen molar-refractivity contribution < 1.29 is 0 Å². The summed E-state index contributed by atoms with van der Waals surface area (Å²) in [5.74, 6) is 2.37. The zero-order chi connectivity index (χ0) is 21.9. The molecule has 2 saturated heterocycles. The molecule has 0 bridgehead atoms. The van der Waals surface area contributed by atoms with Gasteiger partial charge in [0.05, 0.1) is 23.0 Å². The summed E-state index contributed by atoms with van der Waals surface area (Å²) < 4.78 is 2.27. The Balaban J connectivity index is 1.27. The van der Waals surface area contributed by atoms with Gasteiger partial charge in [-0.05, 0) is 59.4 Å². The molecule has 164 valence electrons. The van der Waals surface area contributed by atoms with E-state index in [1.807, 2.05) is 29.3 Å². The predicted molar refractivity (Wildman–Crippen MR) is 127 cm³/mol. The Bertz CT molecular complexity index is 1300. The molecule has 3 N–H and O–H groups in total. The summed E-state index contributed by atoms with van der Waals surface area (Å²) in [5.41, 5.74) is 13.7. The van der Waals surface area contributed by atoms with Crippen LogP contribution in [-0.4, -0.2) is 36.6 Å². The normalized spacial score (nSPS) is 22.6. The van der Waals surface area contributed by atoms with E-state index < -0.39 is 0 Å². The lowest BCUT2D eigenvalue weighted by atomic mass is 10.0. The topological polar surface area (TPSA) is 83.7 Å². The highest BCUT2D eigenvalue weighted by Crippen LogP contribution is 2.36. The molecule has 0 spiro atoms. The smallest absolute Gasteiger partial charge is 0.194 e. The van der Waals surface area contributed by atoms with E-state index in [2.05, 4.69) is 67.5 Å². The van der Waals surface area contributed by atoms with Gasteiger partial charge in [0.25, 0.3) is 0 Å². The van der Waals surface area contributed by atoms with Crippen LogP contribution in [0.25, 0.3) is 11.1 Å². The highest BCUT2D eigenvalue weighted by molar-refractivity contribution is 6.10. The van der Waals surface area contributed by atoms with E-state index in [0.29, 0.717) is 5.56 Å². The number of fused-ring (bicyclic) bond motifs is 6. The molecule has 33 heavy (non-hydrogen) atoms. The van der Waals surface area contributed by atoms with Crippen LogP contribution in [0.1, 0.15) is 16.8 Å². The van der Waals surface area contributed by atoms with Gasteiger partial charge in [-0.3, -0.25) is 0 Å². The van der Waals surface area contributed by atoms with E-state index in [-0.39, 0.29) is 0 Å². The SMILES string of the molecule is N#Cc1ccc(-c2cc3n(c2)Cc2cc(N4CC5CNCC5C4)ccc2N2NNN=C32)cc1. The molecule has 0 amide bonds. The molecule has 7 rings (SSSR count). The Kier molecular flexibility index (Phi) is 4.03. The van der Waals surface area contributed by atoms with Crippen LogP contribution in [0.5, 0.6) is 0 Å². The molecule has 2 aromatic carbocycles. The van der Waals surface area contributed by atoms with Gasteiger partial charge < -0.3 is 14.8 Å². The van der Waals surface area contributed by atoms with Crippen molar-refractivity contribution in [2.24, 2.45) is 16.9 Å². The van der Waals surface area contributed by atoms with Gasteiger partial charge in [0, 0.05) is 50.2 Å². The van der Waals surface area contributed by atoms with Crippen molar-refractivity contribution in [2.75, 3.05) is 36.1 Å². The van der Waals surface area contributed by atoms with Crippen molar-refractivity contribution in [3.05, 3.63) is 71.5 Å². The van der Waals surface area contributed by atoms with Crippen LogP contribution in [0.2, 0.25) is 0 Å². The third kappa shape index (κ3) is 2.94. The monoisotopic (exact) mass is 436 g/mol. The maximum atomic E-state index is 9.11. The van der Waals surface area contributed by atoms with Gasteiger partial charge in [-0.15, -0.1) is 10.6 Å². The van der Waals surface area contributed by atoms with Crippen LogP contribution in [-0.2, 0) is 6.54 Å². The second kappa shape index (κ2) is 7.10. The summed E-state index contributed by atoms with van der Waals surface area (Å²) in [6, 6.07) is 18.9. The molecule has 0 aliphatic carbocycles. The minimum absolute atomic E-state index is 0.669. The number of nitrogens with zero attached hydrogens (tertiary/aromatic N) is 5. The maximum Gasteiger partial charge on any atom is 0.194 e. The predicted octanol–water partition coefficient (Wildman–Crippen LogP) is 2.24. The lowest BCUT2D eigenvalue weighted by Gasteiger charge is -2.24. The molecule has 8 nitrogen and oxygen atoms in total. The quantitative estimate of drug-likeness (QED) is 0.572. The van der Waals surface area contributed by atoms with E-state index in [1.54, 1.807) is 0 Å². The first-order chi connectivity index (χ1) is 16.3. The summed E-state index contributed by atoms with van der Waals surface area (Å²) in [6.07, 6.45) is 2.18. The number of hydrogen-bond donors (Lipinski definition) is 3. The Morgan fingerprint density at radius 2 is 1.79 bits per heavy atom. The van der Waals surface area contributed by atoms with Crippen LogP contribution < -0.4 is 26.3 Å². The van der Waals surface area contributed by atoms with Gasteiger partial charge in [0.1, 0.15) is 0 Å². The summed E-state index contributed by atoms with van der Waals surface area (Å²) in [5, 5.41) is 19.2. The third-order valence-corrected chi connectivity index (χ3v) is 7.41. The third-order valence-electron chi connectivity index (χ3n) is 7.41. The molecular weight excluding hydrogens is 412 g/mol. The average molecular weight is 437 g/mol. The molecule has 2 fully saturated rings. The van der Waals surface area contributed by atoms with E-state index >= 15 is 0 Å². The van der Waals surface area contributed by atoms with Crippen LogP contribution in [0.15, 0.2) is 59.8 Å². The summed E-state index contributed by atoms with van der Waals surface area (Å²) in [6.45, 7) is 5.31. The minimum atomic E-state index is 0.669. The number of amidine groups is 1. The van der Waals surface area contributed by atoms with Gasteiger partial charge in [-0.1, -0.05) is 12.1 Å². The Hall–Kier alpha value is -3.80. The van der Waals surface area contributed by atoms with Crippen molar-refractivity contribution in [2.45, 2.75) is 6.54 Å². The Morgan fingerprint density at radius 3 is 2.58 bits per heavy atom. The minimum Gasteiger partial charge on any atom is -0.371 e. The lowest BCUT2D eigenvalue weighted by Crippen LogP contribution is -2.41. The zero-order valence-electron chi connectivity index (χ0n) is 18.1. The average Bonchev–Trinajstić information content (AvgIpc) is 3.62. The van der Waals surface area contributed by atoms with Crippen molar-refractivity contribution in [1.82, 2.24) is 21.0 Å². The number of nitrogens with one attached hydrogen (secondary N) is 3. The van der Waals surface area contributed by atoms with Gasteiger partial charge in [0.2, 0.25) is 0 Å². The van der Waals surface area contributed by atoms with E-state index in [1.165, 1.54) is 11.3 Å². The van der Waals surface area contributed by atoms with E-state index in [4.69, 9.17) is 5.26 Å². The molecule has 3 aromatic rings. The van der Waals surface area contributed by atoms with Gasteiger partial charge >= 0.3 is 0 Å². The second-order valence-corrected chi connectivity index (χ2v) is 9.32. The van der Waals surface area contributed by atoms with E-state index in [0.717, 1.165) is 72.9 Å². The number of aromatic nitrogens is 1. The largest absolute Gasteiger partial charge is 0.371 e. The number of hydrazine groups is 2. The van der Waals surface area contributed by atoms with Crippen molar-refractivity contribution in [3.63, 3.8) is 0 Å². The molecule has 4 aliphatic rings. The molecule has 0 saturated carbocycles. The summed E-state index contributed by atoms with van der Waals surface area (Å²) >= 11 is 0. The molecule has 0 radical (unpaired) electrons. The van der Waals surface area contributed by atoms with Crippen LogP contribution in [0, 0.1) is 23.2 Å². The molecule has 8 heteroatoms. The Morgan fingerprint density at radius 1 is 0.970 bits per heavy atom. The summed E-state index contributed by atoms with van der Waals surface area (Å²) in [7, 11) is 0. The highest BCUT2D eigenvalue weighted by Gasteiger charge is 2.37. The molecule has 1 aromatic heterocycles. The number of benzene rings is 2. The molecule has 4 aliphatic heterocycles. The standard InChI is InChI=1S/C25H24N8/c26-9-16-1-3-17(4-2-16)18-8-24-25-28-29-30-33(25)23-6-5-22(7-19(23)13-32(24)12-18)31-14-20-10-27-11-21(20)15-31/h1-8,12,20-21,27,29-30H,10-11,13-15H2. The van der Waals surface area contributed by atoms with Crippen LogP contribution in [0.3, 0.4) is 0 Å². The number of anilines is 2. The van der Waals surface area contributed by atoms with Crippen LogP contribution >= 0.6 is 0 Å². The molecule has 2 atom stereocenters.